The number of aromatic nitrogens is 4. The zero-order valence-corrected chi connectivity index (χ0v) is 23.2. The van der Waals surface area contributed by atoms with Crippen molar-refractivity contribution < 1.29 is 19.1 Å². The summed E-state index contributed by atoms with van der Waals surface area (Å²) in [4.78, 5) is 38.4. The molecule has 1 amide bonds. The van der Waals surface area contributed by atoms with Crippen LogP contribution in [0.4, 0.5) is 10.2 Å². The minimum Gasteiger partial charge on any atom is -0.504 e. The average Bonchev–Trinajstić information content (AvgIpc) is 3.63. The third kappa shape index (κ3) is 4.62. The standard InChI is InChI=1S/C34H25FN6O3/c35-26-17-21(15-22(18-42)30(26)43)34(44)40-28-11-8-20-16-23(9-10-24(20)28)41-32(25-7-4-14-37-31(25)36)39-29-13-12-27(38-33(29)41)19-5-2-1-3-6-19/h1-7,9-10,12-18,28,43H,8,11H2,(H2,36,37)(H,40,44)/t28-/m0/s1. The Hall–Kier alpha value is -5.90. The summed E-state index contributed by atoms with van der Waals surface area (Å²) in [6.45, 7) is 0. The van der Waals surface area contributed by atoms with Crippen molar-refractivity contribution in [1.82, 2.24) is 24.8 Å². The molecule has 1 aliphatic rings. The van der Waals surface area contributed by atoms with Gasteiger partial charge >= 0.3 is 0 Å². The number of hydrogen-bond acceptors (Lipinski definition) is 7. The molecule has 0 saturated carbocycles. The molecule has 4 N–H and O–H groups in total. The Labute approximate surface area is 250 Å². The fraction of sp³-hybridized carbons (Fsp3) is 0.0882. The first-order valence-corrected chi connectivity index (χ1v) is 14.0. The average molecular weight is 585 g/mol. The molecular formula is C34H25FN6O3. The van der Waals surface area contributed by atoms with E-state index in [1.807, 2.05) is 71.3 Å². The van der Waals surface area contributed by atoms with Gasteiger partial charge in [-0.05, 0) is 72.5 Å². The minimum absolute atomic E-state index is 0.0450. The van der Waals surface area contributed by atoms with Crippen LogP contribution >= 0.6 is 0 Å². The number of halogens is 1. The van der Waals surface area contributed by atoms with Gasteiger partial charge in [0.15, 0.2) is 29.3 Å². The maximum atomic E-state index is 14.1. The molecule has 3 aromatic carbocycles. The van der Waals surface area contributed by atoms with Crippen LogP contribution in [0.25, 0.3) is 39.5 Å². The van der Waals surface area contributed by atoms with Crippen molar-refractivity contribution in [3.05, 3.63) is 119 Å². The first kappa shape index (κ1) is 27.0. The fourth-order valence-corrected chi connectivity index (χ4v) is 5.73. The van der Waals surface area contributed by atoms with Crippen molar-refractivity contribution in [3.8, 4) is 34.1 Å². The van der Waals surface area contributed by atoms with Crippen molar-refractivity contribution in [1.29, 1.82) is 0 Å². The second-order valence-electron chi connectivity index (χ2n) is 10.6. The smallest absolute Gasteiger partial charge is 0.251 e. The predicted octanol–water partition coefficient (Wildman–Crippen LogP) is 5.81. The van der Waals surface area contributed by atoms with Gasteiger partial charge in [0, 0.05) is 23.0 Å². The Morgan fingerprint density at radius 3 is 2.66 bits per heavy atom. The lowest BCUT2D eigenvalue weighted by Gasteiger charge is -2.16. The zero-order valence-electron chi connectivity index (χ0n) is 23.2. The second kappa shape index (κ2) is 10.7. The molecule has 7 rings (SSSR count). The van der Waals surface area contributed by atoms with Crippen molar-refractivity contribution >= 4 is 29.2 Å². The molecule has 0 saturated heterocycles. The van der Waals surface area contributed by atoms with Crippen molar-refractivity contribution in [2.75, 3.05) is 5.73 Å². The number of rotatable bonds is 6. The highest BCUT2D eigenvalue weighted by Gasteiger charge is 2.27. The normalized spacial score (nSPS) is 14.0. The van der Waals surface area contributed by atoms with Crippen LogP contribution in [-0.4, -0.2) is 36.8 Å². The number of phenols is 1. The number of anilines is 1. The molecule has 44 heavy (non-hydrogen) atoms. The summed E-state index contributed by atoms with van der Waals surface area (Å²) in [5, 5.41) is 12.7. The number of imidazole rings is 1. The summed E-state index contributed by atoms with van der Waals surface area (Å²) in [6.07, 6.45) is 3.27. The number of benzene rings is 3. The Morgan fingerprint density at radius 1 is 1.02 bits per heavy atom. The van der Waals surface area contributed by atoms with Crippen LogP contribution < -0.4 is 11.1 Å². The van der Waals surface area contributed by atoms with E-state index in [0.29, 0.717) is 47.5 Å². The van der Waals surface area contributed by atoms with Gasteiger partial charge in [-0.2, -0.15) is 0 Å². The van der Waals surface area contributed by atoms with Gasteiger partial charge in [-0.1, -0.05) is 36.4 Å². The number of nitrogens with zero attached hydrogens (tertiary/aromatic N) is 4. The van der Waals surface area contributed by atoms with Gasteiger partial charge in [-0.15, -0.1) is 0 Å². The number of nitrogen functional groups attached to an aromatic ring is 1. The number of hydrogen-bond donors (Lipinski definition) is 3. The maximum Gasteiger partial charge on any atom is 0.251 e. The van der Waals surface area contributed by atoms with Gasteiger partial charge in [0.25, 0.3) is 5.91 Å². The zero-order chi connectivity index (χ0) is 30.4. The van der Waals surface area contributed by atoms with E-state index >= 15 is 0 Å². The van der Waals surface area contributed by atoms with E-state index in [1.165, 1.54) is 6.07 Å². The molecule has 10 heteroatoms. The molecule has 0 bridgehead atoms. The summed E-state index contributed by atoms with van der Waals surface area (Å²) in [5.74, 6) is -1.40. The number of pyridine rings is 2. The third-order valence-electron chi connectivity index (χ3n) is 7.90. The largest absolute Gasteiger partial charge is 0.504 e. The van der Waals surface area contributed by atoms with Crippen LogP contribution in [0.1, 0.15) is 44.3 Å². The molecule has 9 nitrogen and oxygen atoms in total. The summed E-state index contributed by atoms with van der Waals surface area (Å²) >= 11 is 0. The number of carbonyl (C=O) groups excluding carboxylic acids is 2. The van der Waals surface area contributed by atoms with Gasteiger partial charge in [-0.25, -0.2) is 19.3 Å². The predicted molar refractivity (Wildman–Crippen MR) is 164 cm³/mol. The first-order valence-electron chi connectivity index (χ1n) is 14.0. The monoisotopic (exact) mass is 584 g/mol. The Morgan fingerprint density at radius 2 is 1.86 bits per heavy atom. The number of fused-ring (bicyclic) bond motifs is 2. The summed E-state index contributed by atoms with van der Waals surface area (Å²) < 4.78 is 16.1. The molecule has 1 aliphatic carbocycles. The molecule has 0 spiro atoms. The molecule has 6 aromatic rings. The highest BCUT2D eigenvalue weighted by Crippen LogP contribution is 2.36. The third-order valence-corrected chi connectivity index (χ3v) is 7.90. The topological polar surface area (TPSA) is 136 Å². The first-order chi connectivity index (χ1) is 21.4. The molecule has 1 atom stereocenters. The van der Waals surface area contributed by atoms with E-state index in [2.05, 4.69) is 16.4 Å². The Balaban J connectivity index is 1.29. The highest BCUT2D eigenvalue weighted by atomic mass is 19.1. The molecule has 3 aromatic heterocycles. The summed E-state index contributed by atoms with van der Waals surface area (Å²) in [5.41, 5.74) is 12.6. The lowest BCUT2D eigenvalue weighted by molar-refractivity contribution is 0.0936. The quantitative estimate of drug-likeness (QED) is 0.210. The van der Waals surface area contributed by atoms with E-state index in [4.69, 9.17) is 15.7 Å². The van der Waals surface area contributed by atoms with E-state index in [0.717, 1.165) is 34.1 Å². The number of aryl methyl sites for hydroxylation is 1. The molecule has 3 heterocycles. The summed E-state index contributed by atoms with van der Waals surface area (Å²) in [7, 11) is 0. The number of amides is 1. The van der Waals surface area contributed by atoms with Crippen LogP contribution in [0.3, 0.4) is 0 Å². The van der Waals surface area contributed by atoms with Crippen LogP contribution in [0.15, 0.2) is 91.1 Å². The van der Waals surface area contributed by atoms with E-state index in [-0.39, 0.29) is 17.2 Å². The second-order valence-corrected chi connectivity index (χ2v) is 10.6. The number of nitrogens with one attached hydrogen (secondary N) is 1. The van der Waals surface area contributed by atoms with Gasteiger partial charge in [0.1, 0.15) is 11.3 Å². The van der Waals surface area contributed by atoms with Crippen LogP contribution in [0, 0.1) is 5.82 Å². The number of phenolic OH excluding ortho intramolecular Hbond substituents is 1. The van der Waals surface area contributed by atoms with Crippen LogP contribution in [0.5, 0.6) is 5.75 Å². The number of aromatic hydroxyl groups is 1. The highest BCUT2D eigenvalue weighted by molar-refractivity contribution is 5.97. The van der Waals surface area contributed by atoms with Gasteiger partial charge in [-0.3, -0.25) is 14.2 Å². The number of nitrogens with two attached hydrogens (primary N) is 1. The minimum atomic E-state index is -1.03. The lowest BCUT2D eigenvalue weighted by Crippen LogP contribution is -2.27. The molecule has 0 fully saturated rings. The Kier molecular flexibility index (Phi) is 6.58. The van der Waals surface area contributed by atoms with Crippen molar-refractivity contribution in [3.63, 3.8) is 0 Å². The lowest BCUT2D eigenvalue weighted by atomic mass is 10.1. The van der Waals surface area contributed by atoms with Gasteiger partial charge < -0.3 is 16.2 Å². The molecule has 0 radical (unpaired) electrons. The number of aldehydes is 1. The van der Waals surface area contributed by atoms with Crippen LogP contribution in [0.2, 0.25) is 0 Å². The van der Waals surface area contributed by atoms with Crippen molar-refractivity contribution in [2.24, 2.45) is 0 Å². The molecule has 0 unspecified atom stereocenters. The van der Waals surface area contributed by atoms with Gasteiger partial charge in [0.2, 0.25) is 0 Å². The van der Waals surface area contributed by atoms with Gasteiger partial charge in [0.05, 0.1) is 22.9 Å². The van der Waals surface area contributed by atoms with Crippen molar-refractivity contribution in [2.45, 2.75) is 18.9 Å². The fourth-order valence-electron chi connectivity index (χ4n) is 5.73. The maximum absolute atomic E-state index is 14.1. The SMILES string of the molecule is Nc1ncccc1-c1nc2ccc(-c3ccccc3)nc2n1-c1ccc2c(c1)CC[C@@H]2NC(=O)c1cc(F)c(O)c(C=O)c1. The van der Waals surface area contributed by atoms with E-state index in [9.17, 15) is 19.1 Å². The molecule has 216 valence electrons. The van der Waals surface area contributed by atoms with Crippen LogP contribution in [-0.2, 0) is 6.42 Å². The van der Waals surface area contributed by atoms with E-state index < -0.39 is 17.5 Å². The molecular weight excluding hydrogens is 559 g/mol. The Bertz CT molecular complexity index is 2090. The summed E-state index contributed by atoms with van der Waals surface area (Å²) in [6, 6.07) is 25.2. The molecule has 0 aliphatic heterocycles. The van der Waals surface area contributed by atoms with E-state index in [1.54, 1.807) is 6.20 Å². The number of carbonyl (C=O) groups is 2.